The Bertz CT molecular complexity index is 1190. The molecule has 2 heterocycles. The van der Waals surface area contributed by atoms with Crippen molar-refractivity contribution < 1.29 is 19.7 Å². The molecule has 0 fully saturated rings. The van der Waals surface area contributed by atoms with Crippen molar-refractivity contribution in [3.05, 3.63) is 53.3 Å². The Kier molecular flexibility index (Phi) is 8.19. The van der Waals surface area contributed by atoms with E-state index in [1.54, 1.807) is 0 Å². The summed E-state index contributed by atoms with van der Waals surface area (Å²) < 4.78 is 7.41. The van der Waals surface area contributed by atoms with Crippen molar-refractivity contribution in [2.45, 2.75) is 52.3 Å². The summed E-state index contributed by atoms with van der Waals surface area (Å²) in [6, 6.07) is 11.0. The normalized spacial score (nSPS) is 13.9. The van der Waals surface area contributed by atoms with Crippen LogP contribution in [0.5, 0.6) is 11.5 Å². The summed E-state index contributed by atoms with van der Waals surface area (Å²) >= 11 is 0. The van der Waals surface area contributed by atoms with E-state index in [2.05, 4.69) is 34.6 Å². The van der Waals surface area contributed by atoms with Gasteiger partial charge in [0.05, 0.1) is 11.8 Å². The lowest BCUT2D eigenvalue weighted by atomic mass is 9.99. The second kappa shape index (κ2) is 10.8. The molecule has 1 amide bonds. The molecule has 10 heteroatoms. The number of phenols is 1. The first-order valence-electron chi connectivity index (χ1n) is 11.3. The molecule has 1 atom stereocenters. The number of aromatic hydroxyl groups is 1. The van der Waals surface area contributed by atoms with Crippen LogP contribution >= 0.6 is 17.0 Å². The van der Waals surface area contributed by atoms with Crippen molar-refractivity contribution >= 4 is 28.6 Å². The lowest BCUT2D eigenvalue weighted by Crippen LogP contribution is -2.42. The number of phenolic OH excluding ortho intramolecular Hbond substituents is 1. The predicted molar refractivity (Wildman–Crippen MR) is 139 cm³/mol. The van der Waals surface area contributed by atoms with Crippen LogP contribution in [0.15, 0.2) is 36.4 Å². The van der Waals surface area contributed by atoms with Crippen molar-refractivity contribution in [3.8, 4) is 22.9 Å². The zero-order valence-corrected chi connectivity index (χ0v) is 22.0. The number of ether oxygens (including phenoxy) is 1. The number of aliphatic hydroxyl groups excluding tert-OH is 1. The number of aliphatic hydroxyl groups is 1. The average molecular weight is 546 g/mol. The highest BCUT2D eigenvalue weighted by atomic mass is 79.9. The molecule has 35 heavy (non-hydrogen) atoms. The molecule has 4 N–H and O–H groups in total. The number of benzene rings is 2. The van der Waals surface area contributed by atoms with E-state index >= 15 is 0 Å². The zero-order chi connectivity index (χ0) is 24.5. The van der Waals surface area contributed by atoms with Crippen LogP contribution in [-0.2, 0) is 11.3 Å². The topological polar surface area (TPSA) is 122 Å². The first-order chi connectivity index (χ1) is 16.1. The van der Waals surface area contributed by atoms with Crippen molar-refractivity contribution in [2.75, 3.05) is 18.5 Å². The third-order valence-electron chi connectivity index (χ3n) is 5.97. The fourth-order valence-electron chi connectivity index (χ4n) is 3.87. The molecule has 0 aliphatic carbocycles. The first kappa shape index (κ1) is 26.7. The summed E-state index contributed by atoms with van der Waals surface area (Å²) in [7, 11) is 0. The maximum absolute atomic E-state index is 11.6. The molecule has 2 aromatic carbocycles. The summed E-state index contributed by atoms with van der Waals surface area (Å²) in [5.41, 5.74) is 2.65. The van der Waals surface area contributed by atoms with Gasteiger partial charge in [0.1, 0.15) is 17.3 Å². The minimum absolute atomic E-state index is 0. The number of fused-ring (bicyclic) bond motifs is 1. The Labute approximate surface area is 215 Å². The van der Waals surface area contributed by atoms with Crippen LogP contribution in [0.4, 0.5) is 5.69 Å². The largest absolute Gasteiger partial charge is 0.508 e. The number of aryl methyl sites for hydroxylation is 3. The summed E-state index contributed by atoms with van der Waals surface area (Å²) in [5, 5.41) is 31.5. The van der Waals surface area contributed by atoms with Gasteiger partial charge in [-0.2, -0.15) is 5.10 Å². The van der Waals surface area contributed by atoms with E-state index in [9.17, 15) is 15.0 Å². The second-order valence-electron chi connectivity index (χ2n) is 9.35. The van der Waals surface area contributed by atoms with E-state index < -0.39 is 6.10 Å². The number of carbonyl (C=O) groups excluding carboxylic acids is 1. The maximum atomic E-state index is 11.6. The molecule has 0 saturated heterocycles. The highest BCUT2D eigenvalue weighted by Gasteiger charge is 2.26. The molecular weight excluding hydrogens is 514 g/mol. The van der Waals surface area contributed by atoms with Crippen molar-refractivity contribution in [1.82, 2.24) is 20.1 Å². The van der Waals surface area contributed by atoms with E-state index in [0.29, 0.717) is 29.4 Å². The van der Waals surface area contributed by atoms with E-state index in [0.717, 1.165) is 17.8 Å². The Morgan fingerprint density at radius 2 is 1.94 bits per heavy atom. The number of amides is 1. The summed E-state index contributed by atoms with van der Waals surface area (Å²) in [6.45, 7) is 8.88. The fourth-order valence-corrected chi connectivity index (χ4v) is 3.87. The number of hydrogen-bond donors (Lipinski definition) is 4. The number of nitrogens with one attached hydrogen (secondary N) is 2. The van der Waals surface area contributed by atoms with Gasteiger partial charge in [0.2, 0.25) is 0 Å². The SMILES string of the molecule is Br.Cc1ccc(-c2nc(C)n(CCC(C)(C)NCC(O)c3cc(O)cc4c3OCC(=O)N4)n2)cc1. The van der Waals surface area contributed by atoms with Gasteiger partial charge in [0.15, 0.2) is 12.4 Å². The number of hydrogen-bond acceptors (Lipinski definition) is 7. The zero-order valence-electron chi connectivity index (χ0n) is 20.3. The van der Waals surface area contributed by atoms with E-state index in [-0.39, 0.29) is 47.3 Å². The van der Waals surface area contributed by atoms with Gasteiger partial charge in [0, 0.05) is 35.8 Å². The van der Waals surface area contributed by atoms with Gasteiger partial charge in [-0.25, -0.2) is 9.67 Å². The van der Waals surface area contributed by atoms with Gasteiger partial charge in [-0.1, -0.05) is 29.8 Å². The Balaban J connectivity index is 0.00000342. The van der Waals surface area contributed by atoms with Crippen molar-refractivity contribution in [2.24, 2.45) is 0 Å². The number of anilines is 1. The molecular formula is C25H32BrN5O4. The number of aromatic nitrogens is 3. The average Bonchev–Trinajstić information content (AvgIpc) is 3.16. The van der Waals surface area contributed by atoms with Gasteiger partial charge in [0.25, 0.3) is 5.91 Å². The molecule has 188 valence electrons. The van der Waals surface area contributed by atoms with Gasteiger partial charge in [-0.15, -0.1) is 17.0 Å². The lowest BCUT2D eigenvalue weighted by molar-refractivity contribution is -0.118. The van der Waals surface area contributed by atoms with Crippen LogP contribution in [0, 0.1) is 13.8 Å². The predicted octanol–water partition coefficient (Wildman–Crippen LogP) is 3.67. The molecule has 0 saturated carbocycles. The number of carbonyl (C=O) groups is 1. The summed E-state index contributed by atoms with van der Waals surface area (Å²) in [5.74, 6) is 1.58. The molecule has 1 unspecified atom stereocenters. The monoisotopic (exact) mass is 545 g/mol. The second-order valence-corrected chi connectivity index (χ2v) is 9.35. The molecule has 9 nitrogen and oxygen atoms in total. The van der Waals surface area contributed by atoms with Crippen LogP contribution < -0.4 is 15.4 Å². The molecule has 3 aromatic rings. The highest BCUT2D eigenvalue weighted by Crippen LogP contribution is 2.38. The molecule has 1 aromatic heterocycles. The van der Waals surface area contributed by atoms with Crippen LogP contribution in [-0.4, -0.2) is 49.6 Å². The molecule has 0 radical (unpaired) electrons. The third-order valence-corrected chi connectivity index (χ3v) is 5.97. The molecule has 1 aliphatic heterocycles. The molecule has 4 rings (SSSR count). The summed E-state index contributed by atoms with van der Waals surface area (Å²) in [4.78, 5) is 16.2. The van der Waals surface area contributed by atoms with Gasteiger partial charge in [-0.3, -0.25) is 4.79 Å². The fraction of sp³-hybridized carbons (Fsp3) is 0.400. The third kappa shape index (κ3) is 6.39. The minimum Gasteiger partial charge on any atom is -0.508 e. The smallest absolute Gasteiger partial charge is 0.262 e. The van der Waals surface area contributed by atoms with Gasteiger partial charge >= 0.3 is 0 Å². The maximum Gasteiger partial charge on any atom is 0.262 e. The van der Waals surface area contributed by atoms with Crippen molar-refractivity contribution in [1.29, 1.82) is 0 Å². The Hall–Kier alpha value is -2.95. The number of rotatable bonds is 8. The number of β-amino-alcohol motifs (C(OH)–C–C–N with tert-alkyl or cyclic N) is 1. The molecule has 1 aliphatic rings. The summed E-state index contributed by atoms with van der Waals surface area (Å²) in [6.07, 6.45) is -0.182. The highest BCUT2D eigenvalue weighted by molar-refractivity contribution is 8.93. The quantitative estimate of drug-likeness (QED) is 0.340. The van der Waals surface area contributed by atoms with Crippen LogP contribution in [0.1, 0.15) is 43.3 Å². The standard InChI is InChI=1S/C25H31N5O4.BrH/c1-15-5-7-17(8-6-15)24-27-16(2)30(29-24)10-9-25(3,4)26-13-21(32)19-11-18(31)12-20-23(19)34-14-22(33)28-20;/h5-8,11-12,21,26,31-32H,9-10,13-14H2,1-4H3,(H,28,33);1H. The molecule has 0 spiro atoms. The lowest BCUT2D eigenvalue weighted by Gasteiger charge is -2.29. The molecule has 0 bridgehead atoms. The Morgan fingerprint density at radius 1 is 1.23 bits per heavy atom. The van der Waals surface area contributed by atoms with Gasteiger partial charge < -0.3 is 25.6 Å². The first-order valence-corrected chi connectivity index (χ1v) is 11.3. The van der Waals surface area contributed by atoms with Gasteiger partial charge in [-0.05, 0) is 40.2 Å². The van der Waals surface area contributed by atoms with Crippen LogP contribution in [0.2, 0.25) is 0 Å². The van der Waals surface area contributed by atoms with E-state index in [1.807, 2.05) is 42.8 Å². The van der Waals surface area contributed by atoms with Crippen LogP contribution in [0.3, 0.4) is 0 Å². The minimum atomic E-state index is -0.934. The van der Waals surface area contributed by atoms with E-state index in [4.69, 9.17) is 4.74 Å². The number of halogens is 1. The van der Waals surface area contributed by atoms with Crippen molar-refractivity contribution in [3.63, 3.8) is 0 Å². The Morgan fingerprint density at radius 3 is 2.66 bits per heavy atom. The van der Waals surface area contributed by atoms with Crippen LogP contribution in [0.25, 0.3) is 11.4 Å². The number of nitrogens with zero attached hydrogens (tertiary/aromatic N) is 3. The van der Waals surface area contributed by atoms with E-state index in [1.165, 1.54) is 17.7 Å².